The first kappa shape index (κ1) is 16.5. The van der Waals surface area contributed by atoms with Crippen LogP contribution in [-0.4, -0.2) is 36.5 Å². The third kappa shape index (κ3) is 5.52. The Balaban J connectivity index is 2.38. The van der Waals surface area contributed by atoms with Gasteiger partial charge in [0.15, 0.2) is 0 Å². The molecule has 0 spiro atoms. The highest BCUT2D eigenvalue weighted by molar-refractivity contribution is 5.78. The molecule has 112 valence electrons. The van der Waals surface area contributed by atoms with Crippen LogP contribution in [0.3, 0.4) is 0 Å². The van der Waals surface area contributed by atoms with Crippen LogP contribution in [0.4, 0.5) is 0 Å². The van der Waals surface area contributed by atoms with E-state index in [1.807, 2.05) is 0 Å². The van der Waals surface area contributed by atoms with E-state index in [1.54, 1.807) is 0 Å². The number of hydrogen-bond acceptors (Lipinski definition) is 2. The first-order valence-corrected chi connectivity index (χ1v) is 8.10. The molecule has 0 aromatic carbocycles. The molecule has 0 saturated carbocycles. The first-order valence-electron chi connectivity index (χ1n) is 8.10. The maximum absolute atomic E-state index is 12.4. The number of piperidine rings is 1. The number of amides is 1. The Labute approximate surface area is 119 Å². The van der Waals surface area contributed by atoms with E-state index in [4.69, 9.17) is 0 Å². The summed E-state index contributed by atoms with van der Waals surface area (Å²) >= 11 is 0. The van der Waals surface area contributed by atoms with Gasteiger partial charge in [0, 0.05) is 25.0 Å². The molecule has 1 atom stereocenters. The highest BCUT2D eigenvalue weighted by Crippen LogP contribution is 2.17. The predicted octanol–water partition coefficient (Wildman–Crippen LogP) is 3.05. The molecule has 0 aromatic heterocycles. The molecule has 0 aliphatic carbocycles. The van der Waals surface area contributed by atoms with Crippen LogP contribution in [0.15, 0.2) is 0 Å². The second-order valence-electron chi connectivity index (χ2n) is 6.27. The monoisotopic (exact) mass is 268 g/mol. The minimum absolute atomic E-state index is 0.231. The van der Waals surface area contributed by atoms with Crippen molar-refractivity contribution in [1.82, 2.24) is 10.2 Å². The third-order valence-corrected chi connectivity index (χ3v) is 4.22. The van der Waals surface area contributed by atoms with Gasteiger partial charge in [-0.3, -0.25) is 4.79 Å². The summed E-state index contributed by atoms with van der Waals surface area (Å²) in [5.41, 5.74) is 0. The van der Waals surface area contributed by atoms with Crippen molar-refractivity contribution in [2.75, 3.05) is 19.6 Å². The topological polar surface area (TPSA) is 32.3 Å². The predicted molar refractivity (Wildman–Crippen MR) is 81.1 cm³/mol. The van der Waals surface area contributed by atoms with Gasteiger partial charge >= 0.3 is 0 Å². The van der Waals surface area contributed by atoms with Crippen molar-refractivity contribution < 1.29 is 4.79 Å². The molecule has 1 amide bonds. The van der Waals surface area contributed by atoms with Gasteiger partial charge in [0.2, 0.25) is 5.91 Å². The van der Waals surface area contributed by atoms with E-state index >= 15 is 0 Å². The summed E-state index contributed by atoms with van der Waals surface area (Å²) < 4.78 is 0. The van der Waals surface area contributed by atoms with E-state index in [-0.39, 0.29) is 5.92 Å². The van der Waals surface area contributed by atoms with Crippen LogP contribution in [0.25, 0.3) is 0 Å². The Kier molecular flexibility index (Phi) is 7.44. The zero-order valence-corrected chi connectivity index (χ0v) is 13.2. The van der Waals surface area contributed by atoms with Gasteiger partial charge in [-0.2, -0.15) is 0 Å². The highest BCUT2D eigenvalue weighted by Gasteiger charge is 2.26. The molecule has 1 heterocycles. The largest absolute Gasteiger partial charge is 0.341 e. The van der Waals surface area contributed by atoms with Gasteiger partial charge < -0.3 is 10.2 Å². The van der Waals surface area contributed by atoms with Crippen LogP contribution >= 0.6 is 0 Å². The van der Waals surface area contributed by atoms with E-state index in [2.05, 4.69) is 37.9 Å². The SMILES string of the molecule is CCC(CC)C(=O)N1CCCC(NCCC(C)C)C1. The van der Waals surface area contributed by atoms with Crippen molar-refractivity contribution in [3.8, 4) is 0 Å². The average molecular weight is 268 g/mol. The molecule has 3 heteroatoms. The molecule has 0 bridgehead atoms. The van der Waals surface area contributed by atoms with Gasteiger partial charge in [0.25, 0.3) is 0 Å². The molecule has 0 aromatic rings. The average Bonchev–Trinajstić information content (AvgIpc) is 2.40. The molecule has 19 heavy (non-hydrogen) atoms. The van der Waals surface area contributed by atoms with Crippen molar-refractivity contribution in [3.63, 3.8) is 0 Å². The highest BCUT2D eigenvalue weighted by atomic mass is 16.2. The van der Waals surface area contributed by atoms with Crippen LogP contribution in [0.2, 0.25) is 0 Å². The van der Waals surface area contributed by atoms with Gasteiger partial charge in [0.05, 0.1) is 0 Å². The number of rotatable bonds is 7. The van der Waals surface area contributed by atoms with Crippen LogP contribution in [0, 0.1) is 11.8 Å². The maximum Gasteiger partial charge on any atom is 0.225 e. The first-order chi connectivity index (χ1) is 9.08. The summed E-state index contributed by atoms with van der Waals surface area (Å²) in [6, 6.07) is 0.505. The lowest BCUT2D eigenvalue weighted by Crippen LogP contribution is -2.49. The van der Waals surface area contributed by atoms with Crippen molar-refractivity contribution in [1.29, 1.82) is 0 Å². The van der Waals surface area contributed by atoms with Gasteiger partial charge in [-0.15, -0.1) is 0 Å². The number of nitrogens with zero attached hydrogens (tertiary/aromatic N) is 1. The van der Waals surface area contributed by atoms with Gasteiger partial charge in [-0.1, -0.05) is 27.7 Å². The van der Waals surface area contributed by atoms with Crippen LogP contribution < -0.4 is 5.32 Å². The Hall–Kier alpha value is -0.570. The minimum Gasteiger partial charge on any atom is -0.341 e. The van der Waals surface area contributed by atoms with Crippen LogP contribution in [0.1, 0.15) is 59.8 Å². The van der Waals surface area contributed by atoms with Crippen molar-refractivity contribution >= 4 is 5.91 Å². The number of nitrogens with one attached hydrogen (secondary N) is 1. The quantitative estimate of drug-likeness (QED) is 0.769. The van der Waals surface area contributed by atoms with E-state index in [0.29, 0.717) is 11.9 Å². The summed E-state index contributed by atoms with van der Waals surface area (Å²) in [4.78, 5) is 14.5. The molecule has 3 nitrogen and oxygen atoms in total. The molecule has 1 aliphatic heterocycles. The van der Waals surface area contributed by atoms with E-state index in [9.17, 15) is 4.79 Å². The Morgan fingerprint density at radius 3 is 2.58 bits per heavy atom. The zero-order valence-electron chi connectivity index (χ0n) is 13.2. The standard InChI is InChI=1S/C16H32N2O/c1-5-14(6-2)16(19)18-11-7-8-15(12-18)17-10-9-13(3)4/h13-15,17H,5-12H2,1-4H3. The maximum atomic E-state index is 12.4. The fourth-order valence-electron chi connectivity index (χ4n) is 2.82. The molecule has 1 rings (SSSR count). The van der Waals surface area contributed by atoms with E-state index < -0.39 is 0 Å². The molecular formula is C16H32N2O. The fourth-order valence-corrected chi connectivity index (χ4v) is 2.82. The summed E-state index contributed by atoms with van der Waals surface area (Å²) in [7, 11) is 0. The van der Waals surface area contributed by atoms with Crippen molar-refractivity contribution in [2.45, 2.75) is 65.8 Å². The van der Waals surface area contributed by atoms with Gasteiger partial charge in [-0.05, 0) is 44.6 Å². The molecule has 1 aliphatic rings. The smallest absolute Gasteiger partial charge is 0.225 e. The zero-order chi connectivity index (χ0) is 14.3. The lowest BCUT2D eigenvalue weighted by Gasteiger charge is -2.35. The van der Waals surface area contributed by atoms with E-state index in [0.717, 1.165) is 44.8 Å². The van der Waals surface area contributed by atoms with Crippen LogP contribution in [0.5, 0.6) is 0 Å². The lowest BCUT2D eigenvalue weighted by atomic mass is 9.98. The Bertz CT molecular complexity index is 261. The summed E-state index contributed by atoms with van der Waals surface area (Å²) in [6.45, 7) is 11.7. The molecule has 0 radical (unpaired) electrons. The molecule has 1 saturated heterocycles. The normalized spacial score (nSPS) is 20.3. The fraction of sp³-hybridized carbons (Fsp3) is 0.938. The molecule has 1 N–H and O–H groups in total. The number of carbonyl (C=O) groups excluding carboxylic acids is 1. The van der Waals surface area contributed by atoms with Crippen molar-refractivity contribution in [3.05, 3.63) is 0 Å². The second kappa shape index (κ2) is 8.57. The Morgan fingerprint density at radius 2 is 2.00 bits per heavy atom. The van der Waals surface area contributed by atoms with Gasteiger partial charge in [-0.25, -0.2) is 0 Å². The molecular weight excluding hydrogens is 236 g/mol. The Morgan fingerprint density at radius 1 is 1.32 bits per heavy atom. The molecule has 1 fully saturated rings. The van der Waals surface area contributed by atoms with Crippen LogP contribution in [-0.2, 0) is 4.79 Å². The minimum atomic E-state index is 0.231. The van der Waals surface area contributed by atoms with Gasteiger partial charge in [0.1, 0.15) is 0 Å². The molecule has 1 unspecified atom stereocenters. The number of carbonyl (C=O) groups is 1. The second-order valence-corrected chi connectivity index (χ2v) is 6.27. The summed E-state index contributed by atoms with van der Waals surface area (Å²) in [5.74, 6) is 1.35. The summed E-state index contributed by atoms with van der Waals surface area (Å²) in [5, 5.41) is 3.62. The number of hydrogen-bond donors (Lipinski definition) is 1. The summed E-state index contributed by atoms with van der Waals surface area (Å²) in [6.07, 6.45) is 5.52. The lowest BCUT2D eigenvalue weighted by molar-refractivity contribution is -0.137. The third-order valence-electron chi connectivity index (χ3n) is 4.22. The number of likely N-dealkylation sites (tertiary alicyclic amines) is 1. The van der Waals surface area contributed by atoms with Crippen molar-refractivity contribution in [2.24, 2.45) is 11.8 Å². The van der Waals surface area contributed by atoms with E-state index in [1.165, 1.54) is 12.8 Å².